The Labute approximate surface area is 223 Å². The van der Waals surface area contributed by atoms with Crippen LogP contribution >= 0.6 is 0 Å². The number of halogens is 3. The number of pyridine rings is 1. The summed E-state index contributed by atoms with van der Waals surface area (Å²) in [4.78, 5) is 20.9. The molecule has 1 amide bonds. The van der Waals surface area contributed by atoms with Gasteiger partial charge in [0.15, 0.2) is 11.6 Å². The molecule has 4 aromatic rings. The van der Waals surface area contributed by atoms with Crippen molar-refractivity contribution in [2.45, 2.75) is 24.4 Å². The number of benzene rings is 3. The fourth-order valence-electron chi connectivity index (χ4n) is 4.77. The van der Waals surface area contributed by atoms with Crippen LogP contribution in [-0.4, -0.2) is 54.8 Å². The van der Waals surface area contributed by atoms with Gasteiger partial charge in [-0.15, -0.1) is 0 Å². The van der Waals surface area contributed by atoms with E-state index in [0.717, 1.165) is 12.1 Å². The number of nitrogens with zero attached hydrogens (tertiary/aromatic N) is 3. The van der Waals surface area contributed by atoms with Gasteiger partial charge in [0.2, 0.25) is 0 Å². The monoisotopic (exact) mass is 554 g/mol. The van der Waals surface area contributed by atoms with Crippen molar-refractivity contribution in [2.75, 3.05) is 24.4 Å². The molecule has 39 heavy (non-hydrogen) atoms. The summed E-state index contributed by atoms with van der Waals surface area (Å²) in [5.74, 6) is -3.37. The molecule has 1 fully saturated rings. The second-order valence-corrected chi connectivity index (χ2v) is 11.1. The molecule has 1 aliphatic heterocycles. The van der Waals surface area contributed by atoms with Gasteiger partial charge in [0.05, 0.1) is 5.52 Å². The molecule has 1 atom stereocenters. The Morgan fingerprint density at radius 2 is 1.69 bits per heavy atom. The highest BCUT2D eigenvalue weighted by Crippen LogP contribution is 2.25. The van der Waals surface area contributed by atoms with Crippen LogP contribution in [-0.2, 0) is 16.6 Å². The number of aromatic nitrogens is 1. The number of fused-ring (bicyclic) bond motifs is 1. The quantitative estimate of drug-likeness (QED) is 0.347. The molecule has 1 saturated heterocycles. The van der Waals surface area contributed by atoms with E-state index in [4.69, 9.17) is 0 Å². The predicted molar refractivity (Wildman–Crippen MR) is 141 cm³/mol. The summed E-state index contributed by atoms with van der Waals surface area (Å²) >= 11 is 0. The SMILES string of the molecule is C[C@@H]1CN(Cc2c(F)ccc(F)c2F)CCN1C(=O)c1ccc(NS(=O)(=O)c2cccc3cccnc23)cc1. The van der Waals surface area contributed by atoms with Gasteiger partial charge in [0.25, 0.3) is 15.9 Å². The molecule has 2 heterocycles. The number of sulfonamides is 1. The summed E-state index contributed by atoms with van der Waals surface area (Å²) in [6.45, 7) is 2.72. The van der Waals surface area contributed by atoms with Gasteiger partial charge in [-0.05, 0) is 55.5 Å². The van der Waals surface area contributed by atoms with E-state index in [2.05, 4.69) is 9.71 Å². The van der Waals surface area contributed by atoms with Crippen molar-refractivity contribution in [1.82, 2.24) is 14.8 Å². The van der Waals surface area contributed by atoms with Crippen molar-refractivity contribution < 1.29 is 26.4 Å². The predicted octanol–water partition coefficient (Wildman–Crippen LogP) is 4.80. The molecule has 0 bridgehead atoms. The van der Waals surface area contributed by atoms with E-state index in [-0.39, 0.29) is 34.6 Å². The maximum Gasteiger partial charge on any atom is 0.264 e. The van der Waals surface area contributed by atoms with Gasteiger partial charge < -0.3 is 4.90 Å². The van der Waals surface area contributed by atoms with Crippen LogP contribution in [0.25, 0.3) is 10.9 Å². The lowest BCUT2D eigenvalue weighted by molar-refractivity contribution is 0.0470. The third kappa shape index (κ3) is 5.45. The topological polar surface area (TPSA) is 82.6 Å². The van der Waals surface area contributed by atoms with Crippen molar-refractivity contribution in [2.24, 2.45) is 0 Å². The Kier molecular flexibility index (Phi) is 7.28. The van der Waals surface area contributed by atoms with Gasteiger partial charge in [-0.25, -0.2) is 21.6 Å². The maximum absolute atomic E-state index is 14.1. The Bertz CT molecular complexity index is 1640. The first-order valence-corrected chi connectivity index (χ1v) is 13.7. The Hall–Kier alpha value is -3.96. The van der Waals surface area contributed by atoms with Gasteiger partial charge >= 0.3 is 0 Å². The number of hydrogen-bond acceptors (Lipinski definition) is 5. The second kappa shape index (κ2) is 10.7. The minimum Gasteiger partial charge on any atom is -0.333 e. The molecule has 3 aromatic carbocycles. The molecule has 0 aliphatic carbocycles. The lowest BCUT2D eigenvalue weighted by Gasteiger charge is -2.40. The zero-order valence-electron chi connectivity index (χ0n) is 20.9. The molecule has 0 saturated carbocycles. The fraction of sp³-hybridized carbons (Fsp3) is 0.214. The summed E-state index contributed by atoms with van der Waals surface area (Å²) in [5.41, 5.74) is 0.679. The van der Waals surface area contributed by atoms with E-state index in [1.54, 1.807) is 34.1 Å². The number of piperazine rings is 1. The number of hydrogen-bond donors (Lipinski definition) is 1. The molecule has 202 valence electrons. The third-order valence-electron chi connectivity index (χ3n) is 6.76. The van der Waals surface area contributed by atoms with Crippen LogP contribution in [0.3, 0.4) is 0 Å². The van der Waals surface area contributed by atoms with E-state index in [1.165, 1.54) is 36.5 Å². The smallest absolute Gasteiger partial charge is 0.264 e. The van der Waals surface area contributed by atoms with E-state index < -0.39 is 27.5 Å². The Morgan fingerprint density at radius 3 is 2.44 bits per heavy atom. The van der Waals surface area contributed by atoms with Crippen molar-refractivity contribution >= 4 is 32.5 Å². The Balaban J connectivity index is 1.25. The van der Waals surface area contributed by atoms with Crippen molar-refractivity contribution in [1.29, 1.82) is 0 Å². The number of rotatable bonds is 6. The number of para-hydroxylation sites is 1. The second-order valence-electron chi connectivity index (χ2n) is 9.42. The molecule has 1 aliphatic rings. The number of amides is 1. The van der Waals surface area contributed by atoms with E-state index in [9.17, 15) is 26.4 Å². The molecular weight excluding hydrogens is 529 g/mol. The minimum atomic E-state index is -3.93. The van der Waals surface area contributed by atoms with Gasteiger partial charge in [-0.1, -0.05) is 18.2 Å². The largest absolute Gasteiger partial charge is 0.333 e. The lowest BCUT2D eigenvalue weighted by Crippen LogP contribution is -2.53. The van der Waals surface area contributed by atoms with Crippen LogP contribution in [0.2, 0.25) is 0 Å². The van der Waals surface area contributed by atoms with E-state index in [1.807, 2.05) is 6.92 Å². The van der Waals surface area contributed by atoms with Crippen molar-refractivity contribution in [3.05, 3.63) is 102 Å². The van der Waals surface area contributed by atoms with Crippen LogP contribution in [0.5, 0.6) is 0 Å². The highest BCUT2D eigenvalue weighted by Gasteiger charge is 2.29. The Morgan fingerprint density at radius 1 is 0.974 bits per heavy atom. The summed E-state index contributed by atoms with van der Waals surface area (Å²) in [5, 5.41) is 0.696. The standard InChI is InChI=1S/C28H25F3N4O3S/c1-18-16-34(17-22-23(29)11-12-24(30)26(22)31)14-15-35(18)28(36)20-7-9-21(10-8-20)33-39(37,38)25-6-2-4-19-5-3-13-32-27(19)25/h2-13,18,33H,14-17H2,1H3/t18-/m1/s1. The molecule has 1 N–H and O–H groups in total. The van der Waals surface area contributed by atoms with Gasteiger partial charge in [-0.3, -0.25) is 19.4 Å². The van der Waals surface area contributed by atoms with Gasteiger partial charge in [0, 0.05) is 60.6 Å². The first-order chi connectivity index (χ1) is 18.6. The molecular formula is C28H25F3N4O3S. The van der Waals surface area contributed by atoms with Crippen LogP contribution in [0.1, 0.15) is 22.8 Å². The third-order valence-corrected chi connectivity index (χ3v) is 8.18. The molecule has 1 aromatic heterocycles. The van der Waals surface area contributed by atoms with E-state index in [0.29, 0.717) is 36.1 Å². The number of nitrogens with one attached hydrogen (secondary N) is 1. The summed E-state index contributed by atoms with van der Waals surface area (Å²) < 4.78 is 70.3. The van der Waals surface area contributed by atoms with Crippen LogP contribution in [0, 0.1) is 17.5 Å². The lowest BCUT2D eigenvalue weighted by atomic mass is 10.1. The molecule has 0 unspecified atom stereocenters. The van der Waals surface area contributed by atoms with Crippen LogP contribution in [0.4, 0.5) is 18.9 Å². The maximum atomic E-state index is 14.1. The zero-order chi connectivity index (χ0) is 27.7. The first-order valence-electron chi connectivity index (χ1n) is 12.3. The average molecular weight is 555 g/mol. The zero-order valence-corrected chi connectivity index (χ0v) is 21.8. The van der Waals surface area contributed by atoms with Crippen LogP contribution in [0.15, 0.2) is 77.8 Å². The number of carbonyl (C=O) groups excluding carboxylic acids is 1. The molecule has 0 radical (unpaired) electrons. The van der Waals surface area contributed by atoms with Gasteiger partial charge in [0.1, 0.15) is 10.7 Å². The summed E-state index contributed by atoms with van der Waals surface area (Å²) in [7, 11) is -3.93. The summed E-state index contributed by atoms with van der Waals surface area (Å²) in [6, 6.07) is 15.9. The highest BCUT2D eigenvalue weighted by molar-refractivity contribution is 7.93. The van der Waals surface area contributed by atoms with Crippen LogP contribution < -0.4 is 4.72 Å². The molecule has 11 heteroatoms. The molecule has 7 nitrogen and oxygen atoms in total. The highest BCUT2D eigenvalue weighted by atomic mass is 32.2. The van der Waals surface area contributed by atoms with Gasteiger partial charge in [-0.2, -0.15) is 0 Å². The normalized spacial score (nSPS) is 16.4. The van der Waals surface area contributed by atoms with E-state index >= 15 is 0 Å². The van der Waals surface area contributed by atoms with Crippen molar-refractivity contribution in [3.63, 3.8) is 0 Å². The fourth-order valence-corrected chi connectivity index (χ4v) is 6.01. The number of carbonyl (C=O) groups is 1. The van der Waals surface area contributed by atoms with Crippen molar-refractivity contribution in [3.8, 4) is 0 Å². The first kappa shape index (κ1) is 26.6. The summed E-state index contributed by atoms with van der Waals surface area (Å²) in [6.07, 6.45) is 1.53. The number of anilines is 1. The average Bonchev–Trinajstić information content (AvgIpc) is 2.93. The molecule has 5 rings (SSSR count). The minimum absolute atomic E-state index is 0.0467. The molecule has 0 spiro atoms.